The van der Waals surface area contributed by atoms with E-state index in [4.69, 9.17) is 5.10 Å². The average molecular weight is 251 g/mol. The van der Waals surface area contributed by atoms with E-state index in [0.29, 0.717) is 0 Å². The smallest absolute Gasteiger partial charge is 0.234 e. The van der Waals surface area contributed by atoms with Crippen molar-refractivity contribution in [2.45, 2.75) is 38.5 Å². The number of aromatic nitrogens is 4. The number of nitrogens with zero attached hydrogens (tertiary/aromatic N) is 4. The van der Waals surface area contributed by atoms with Gasteiger partial charge in [-0.15, -0.1) is 10.2 Å². The number of fused-ring (bicyclic) bond motifs is 1. The summed E-state index contributed by atoms with van der Waals surface area (Å²) < 4.78 is 1.87. The van der Waals surface area contributed by atoms with Crippen LogP contribution < -0.4 is 5.32 Å². The van der Waals surface area contributed by atoms with Crippen molar-refractivity contribution < 1.29 is 0 Å². The third kappa shape index (κ3) is 1.66. The van der Waals surface area contributed by atoms with Gasteiger partial charge in [0.15, 0.2) is 5.82 Å². The summed E-state index contributed by atoms with van der Waals surface area (Å²) in [5.74, 6) is 0.877. The maximum absolute atomic E-state index is 4.72. The molecule has 2 aromatic rings. The van der Waals surface area contributed by atoms with Crippen molar-refractivity contribution in [2.24, 2.45) is 0 Å². The maximum atomic E-state index is 4.72. The van der Waals surface area contributed by atoms with Crippen LogP contribution in [-0.4, -0.2) is 32.9 Å². The van der Waals surface area contributed by atoms with Gasteiger partial charge in [-0.3, -0.25) is 0 Å². The van der Waals surface area contributed by atoms with Gasteiger partial charge in [-0.2, -0.15) is 9.61 Å². The molecule has 17 heavy (non-hydrogen) atoms. The van der Waals surface area contributed by atoms with Gasteiger partial charge in [0.2, 0.25) is 4.96 Å². The number of aryl methyl sites for hydroxylation is 1. The van der Waals surface area contributed by atoms with Gasteiger partial charge in [-0.05, 0) is 39.3 Å². The summed E-state index contributed by atoms with van der Waals surface area (Å²) in [4.78, 5) is 0.920. The predicted octanol–water partition coefficient (Wildman–Crippen LogP) is 1.53. The Morgan fingerprint density at radius 3 is 2.76 bits per heavy atom. The fraction of sp³-hybridized carbons (Fsp3) is 0.727. The first-order chi connectivity index (χ1) is 8.25. The molecule has 0 unspecified atom stereocenters. The van der Waals surface area contributed by atoms with Crippen molar-refractivity contribution in [2.75, 3.05) is 13.1 Å². The third-order valence-corrected chi connectivity index (χ3v) is 4.98. The summed E-state index contributed by atoms with van der Waals surface area (Å²) >= 11 is 1.70. The van der Waals surface area contributed by atoms with Crippen molar-refractivity contribution in [3.63, 3.8) is 0 Å². The normalized spacial score (nSPS) is 19.9. The second-order valence-corrected chi connectivity index (χ2v) is 5.69. The Hall–Kier alpha value is -1.01. The largest absolute Gasteiger partial charge is 0.317 e. The van der Waals surface area contributed by atoms with E-state index in [2.05, 4.69) is 22.4 Å². The van der Waals surface area contributed by atoms with Gasteiger partial charge in [0.25, 0.3) is 0 Å². The molecular weight excluding hydrogens is 234 g/mol. The number of nitrogens with one attached hydrogen (secondary N) is 1. The fourth-order valence-corrected chi connectivity index (χ4v) is 3.75. The van der Waals surface area contributed by atoms with Gasteiger partial charge in [0.05, 0.1) is 0 Å². The number of piperidine rings is 1. The first kappa shape index (κ1) is 11.1. The van der Waals surface area contributed by atoms with Crippen molar-refractivity contribution in [1.29, 1.82) is 0 Å². The molecule has 0 atom stereocenters. The molecule has 6 heteroatoms. The number of rotatable bonds is 2. The number of hydrogen-bond acceptors (Lipinski definition) is 5. The molecule has 0 amide bonds. The molecule has 1 saturated heterocycles. The molecule has 1 N–H and O–H groups in total. The summed E-state index contributed by atoms with van der Waals surface area (Å²) in [6.07, 6.45) is 3.50. The minimum Gasteiger partial charge on any atom is -0.317 e. The fourth-order valence-electron chi connectivity index (χ4n) is 2.55. The van der Waals surface area contributed by atoms with Crippen LogP contribution in [0.1, 0.15) is 37.0 Å². The summed E-state index contributed by atoms with van der Waals surface area (Å²) in [5, 5.41) is 17.6. The lowest BCUT2D eigenvalue weighted by Crippen LogP contribution is -2.39. The highest BCUT2D eigenvalue weighted by atomic mass is 32.1. The quantitative estimate of drug-likeness (QED) is 0.879. The molecule has 0 aliphatic carbocycles. The minimum atomic E-state index is 0.253. The van der Waals surface area contributed by atoms with Crippen LogP contribution in [0.25, 0.3) is 4.96 Å². The molecule has 0 bridgehead atoms. The molecule has 3 rings (SSSR count). The van der Waals surface area contributed by atoms with Crippen LogP contribution in [0.5, 0.6) is 0 Å². The van der Waals surface area contributed by atoms with E-state index in [1.807, 2.05) is 11.4 Å². The van der Waals surface area contributed by atoms with E-state index in [-0.39, 0.29) is 5.41 Å². The topological polar surface area (TPSA) is 55.1 Å². The van der Waals surface area contributed by atoms with E-state index < -0.39 is 0 Å². The van der Waals surface area contributed by atoms with Crippen molar-refractivity contribution in [1.82, 2.24) is 25.1 Å². The van der Waals surface area contributed by atoms with Crippen molar-refractivity contribution in [3.05, 3.63) is 10.8 Å². The molecule has 92 valence electrons. The highest BCUT2D eigenvalue weighted by molar-refractivity contribution is 7.16. The van der Waals surface area contributed by atoms with Gasteiger partial charge >= 0.3 is 0 Å². The molecule has 1 aliphatic heterocycles. The SMILES string of the molecule is CCC1(c2nn3c(C)nnc3s2)CCNCC1. The van der Waals surface area contributed by atoms with Gasteiger partial charge < -0.3 is 5.32 Å². The standard InChI is InChI=1S/C11H17N5S/c1-3-11(4-6-12-7-5-11)9-15-16-8(2)13-14-10(16)17-9/h12H,3-7H2,1-2H3. The zero-order valence-electron chi connectivity index (χ0n) is 10.2. The van der Waals surface area contributed by atoms with Gasteiger partial charge in [-0.1, -0.05) is 18.3 Å². The van der Waals surface area contributed by atoms with Crippen LogP contribution in [0.15, 0.2) is 0 Å². The Morgan fingerprint density at radius 1 is 1.35 bits per heavy atom. The predicted molar refractivity (Wildman–Crippen MR) is 67.5 cm³/mol. The monoisotopic (exact) mass is 251 g/mol. The van der Waals surface area contributed by atoms with Crippen LogP contribution in [-0.2, 0) is 5.41 Å². The molecule has 0 radical (unpaired) electrons. The molecule has 3 heterocycles. The molecule has 5 nitrogen and oxygen atoms in total. The molecule has 1 aliphatic rings. The Balaban J connectivity index is 2.05. The Bertz CT molecular complexity index is 523. The van der Waals surface area contributed by atoms with Crippen molar-refractivity contribution >= 4 is 16.3 Å². The summed E-state index contributed by atoms with van der Waals surface area (Å²) in [6, 6.07) is 0. The van der Waals surface area contributed by atoms with Crippen LogP contribution >= 0.6 is 11.3 Å². The van der Waals surface area contributed by atoms with E-state index in [0.717, 1.165) is 30.3 Å². The highest BCUT2D eigenvalue weighted by Crippen LogP contribution is 2.38. The first-order valence-corrected chi connectivity index (χ1v) is 6.97. The van der Waals surface area contributed by atoms with Gasteiger partial charge in [0.1, 0.15) is 5.01 Å². The van der Waals surface area contributed by atoms with Crippen LogP contribution in [0.2, 0.25) is 0 Å². The Labute approximate surface area is 104 Å². The lowest BCUT2D eigenvalue weighted by Gasteiger charge is -2.34. The Morgan fingerprint density at radius 2 is 2.12 bits per heavy atom. The second kappa shape index (κ2) is 4.03. The summed E-state index contributed by atoms with van der Waals surface area (Å²) in [7, 11) is 0. The molecule has 0 aromatic carbocycles. The van der Waals surface area contributed by atoms with Crippen molar-refractivity contribution in [3.8, 4) is 0 Å². The molecule has 0 saturated carbocycles. The maximum Gasteiger partial charge on any atom is 0.234 e. The van der Waals surface area contributed by atoms with Crippen LogP contribution in [0, 0.1) is 6.92 Å². The van der Waals surface area contributed by atoms with Crippen LogP contribution in [0.4, 0.5) is 0 Å². The van der Waals surface area contributed by atoms with Gasteiger partial charge in [-0.25, -0.2) is 0 Å². The molecule has 2 aromatic heterocycles. The highest BCUT2D eigenvalue weighted by Gasteiger charge is 2.35. The lowest BCUT2D eigenvalue weighted by molar-refractivity contribution is 0.294. The van der Waals surface area contributed by atoms with E-state index in [9.17, 15) is 0 Å². The first-order valence-electron chi connectivity index (χ1n) is 6.15. The summed E-state index contributed by atoms with van der Waals surface area (Å²) in [6.45, 7) is 6.39. The Kier molecular flexibility index (Phi) is 2.63. The summed E-state index contributed by atoms with van der Waals surface area (Å²) in [5.41, 5.74) is 0.253. The zero-order valence-corrected chi connectivity index (χ0v) is 11.0. The van der Waals surface area contributed by atoms with Gasteiger partial charge in [0, 0.05) is 5.41 Å². The molecule has 1 fully saturated rings. The van der Waals surface area contributed by atoms with E-state index in [1.165, 1.54) is 17.8 Å². The third-order valence-electron chi connectivity index (χ3n) is 3.84. The van der Waals surface area contributed by atoms with E-state index in [1.54, 1.807) is 11.3 Å². The second-order valence-electron chi connectivity index (χ2n) is 4.73. The lowest BCUT2D eigenvalue weighted by atomic mass is 9.77. The number of hydrogen-bond donors (Lipinski definition) is 1. The van der Waals surface area contributed by atoms with Crippen LogP contribution in [0.3, 0.4) is 0 Å². The zero-order chi connectivity index (χ0) is 11.9. The minimum absolute atomic E-state index is 0.253. The molecule has 0 spiro atoms. The molecular formula is C11H17N5S. The van der Waals surface area contributed by atoms with E-state index >= 15 is 0 Å². The average Bonchev–Trinajstić information content (AvgIpc) is 2.93.